The second-order valence-electron chi connectivity index (χ2n) is 7.89. The lowest BCUT2D eigenvalue weighted by Gasteiger charge is -2.13. The maximum atomic E-state index is 13.2. The molecule has 34 heavy (non-hydrogen) atoms. The normalized spacial score (nSPS) is 11.2. The minimum Gasteiger partial charge on any atom is -0.497 e. The molecule has 176 valence electrons. The maximum Gasteiger partial charge on any atom is 0.262 e. The number of Topliss-reactive ketones (excluding diaryl/α,β-unsaturated/α-hetero) is 1. The number of ketones is 1. The Morgan fingerprint density at radius 3 is 2.50 bits per heavy atom. The Bertz CT molecular complexity index is 1390. The Hall–Kier alpha value is -3.36. The number of methoxy groups -OCH3 is 2. The maximum absolute atomic E-state index is 13.2. The van der Waals surface area contributed by atoms with Crippen molar-refractivity contribution in [3.05, 3.63) is 81.9 Å². The van der Waals surface area contributed by atoms with Crippen molar-refractivity contribution >= 4 is 28.4 Å². The summed E-state index contributed by atoms with van der Waals surface area (Å²) in [5.41, 5.74) is 3.96. The number of benzene rings is 2. The fraction of sp³-hybridized carbons (Fsp3) is 0.269. The molecule has 8 heteroatoms. The van der Waals surface area contributed by atoms with E-state index in [9.17, 15) is 9.59 Å². The first kappa shape index (κ1) is 23.8. The van der Waals surface area contributed by atoms with Gasteiger partial charge >= 0.3 is 0 Å². The van der Waals surface area contributed by atoms with Crippen molar-refractivity contribution in [2.24, 2.45) is 0 Å². The minimum absolute atomic E-state index is 0.0152. The first-order chi connectivity index (χ1) is 16.4. The first-order valence-corrected chi connectivity index (χ1v) is 11.9. The van der Waals surface area contributed by atoms with E-state index in [1.165, 1.54) is 11.8 Å². The van der Waals surface area contributed by atoms with Crippen LogP contribution in [-0.4, -0.2) is 46.5 Å². The number of para-hydroxylation sites is 1. The van der Waals surface area contributed by atoms with E-state index in [2.05, 4.69) is 9.55 Å². The summed E-state index contributed by atoms with van der Waals surface area (Å²) >= 11 is 1.27. The van der Waals surface area contributed by atoms with Crippen molar-refractivity contribution in [1.29, 1.82) is 0 Å². The molecule has 0 amide bonds. The number of fused-ring (bicyclic) bond motifs is 1. The zero-order valence-electron chi connectivity index (χ0n) is 19.7. The number of aromatic nitrogens is 3. The second kappa shape index (κ2) is 10.3. The number of thioether (sulfide) groups is 1. The zero-order valence-corrected chi connectivity index (χ0v) is 20.5. The summed E-state index contributed by atoms with van der Waals surface area (Å²) in [4.78, 5) is 30.9. The van der Waals surface area contributed by atoms with Crippen LogP contribution in [0.15, 0.2) is 64.5 Å². The van der Waals surface area contributed by atoms with Crippen LogP contribution in [0.4, 0.5) is 0 Å². The molecule has 0 bridgehead atoms. The van der Waals surface area contributed by atoms with E-state index in [4.69, 9.17) is 9.47 Å². The van der Waals surface area contributed by atoms with Gasteiger partial charge in [0.15, 0.2) is 10.9 Å². The number of carbonyl (C=O) groups is 1. The van der Waals surface area contributed by atoms with Crippen molar-refractivity contribution in [3.63, 3.8) is 0 Å². The van der Waals surface area contributed by atoms with Crippen LogP contribution in [0.5, 0.6) is 5.75 Å². The number of ether oxygens (including phenoxy) is 2. The highest BCUT2D eigenvalue weighted by Gasteiger charge is 2.19. The van der Waals surface area contributed by atoms with E-state index in [-0.39, 0.29) is 17.1 Å². The average Bonchev–Trinajstić information content (AvgIpc) is 3.16. The van der Waals surface area contributed by atoms with Crippen LogP contribution in [0.3, 0.4) is 0 Å². The minimum atomic E-state index is -0.129. The lowest BCUT2D eigenvalue weighted by Crippen LogP contribution is -2.25. The summed E-state index contributed by atoms with van der Waals surface area (Å²) in [6, 6.07) is 16.9. The number of aryl methyl sites for hydroxylation is 1. The molecule has 2 aromatic heterocycles. The molecule has 7 nitrogen and oxygen atoms in total. The monoisotopic (exact) mass is 477 g/mol. The Labute approximate surface area is 202 Å². The molecule has 0 aliphatic heterocycles. The summed E-state index contributed by atoms with van der Waals surface area (Å²) < 4.78 is 14.1. The largest absolute Gasteiger partial charge is 0.497 e. The van der Waals surface area contributed by atoms with E-state index in [0.717, 1.165) is 22.8 Å². The molecule has 0 N–H and O–H groups in total. The van der Waals surface area contributed by atoms with E-state index in [1.54, 1.807) is 24.9 Å². The highest BCUT2D eigenvalue weighted by atomic mass is 32.2. The Kier molecular flexibility index (Phi) is 7.19. The fourth-order valence-corrected chi connectivity index (χ4v) is 4.93. The molecule has 0 aliphatic carbocycles. The number of rotatable bonds is 9. The van der Waals surface area contributed by atoms with Gasteiger partial charge in [-0.25, -0.2) is 4.98 Å². The summed E-state index contributed by atoms with van der Waals surface area (Å²) in [5.74, 6) is 0.935. The molecule has 4 rings (SSSR count). The third-order valence-electron chi connectivity index (χ3n) is 5.74. The molecular weight excluding hydrogens is 450 g/mol. The molecule has 0 fully saturated rings. The number of nitrogens with zero attached hydrogens (tertiary/aromatic N) is 3. The van der Waals surface area contributed by atoms with E-state index >= 15 is 0 Å². The number of hydrogen-bond donors (Lipinski definition) is 0. The molecule has 2 heterocycles. The van der Waals surface area contributed by atoms with E-state index in [0.29, 0.717) is 34.8 Å². The van der Waals surface area contributed by atoms with Gasteiger partial charge in [-0.05, 0) is 56.3 Å². The highest BCUT2D eigenvalue weighted by Crippen LogP contribution is 2.25. The zero-order chi connectivity index (χ0) is 24.2. The standard InChI is InChI=1S/C26H27N3O4S/c1-17-15-22(18(2)29(17)19-9-11-20(33-4)12-10-19)24(30)16-34-26-27-23-8-6-5-7-21(23)25(31)28(26)13-14-32-3/h5-12,15H,13-14,16H2,1-4H3. The topological polar surface area (TPSA) is 75.3 Å². The van der Waals surface area contributed by atoms with Crippen molar-refractivity contribution < 1.29 is 14.3 Å². The summed E-state index contributed by atoms with van der Waals surface area (Å²) in [5, 5.41) is 1.07. The van der Waals surface area contributed by atoms with Crippen LogP contribution in [-0.2, 0) is 11.3 Å². The van der Waals surface area contributed by atoms with Gasteiger partial charge in [-0.1, -0.05) is 23.9 Å². The highest BCUT2D eigenvalue weighted by molar-refractivity contribution is 7.99. The van der Waals surface area contributed by atoms with Gasteiger partial charge in [0, 0.05) is 29.7 Å². The quantitative estimate of drug-likeness (QED) is 0.202. The van der Waals surface area contributed by atoms with Crippen LogP contribution in [0.2, 0.25) is 0 Å². The van der Waals surface area contributed by atoms with Crippen molar-refractivity contribution in [1.82, 2.24) is 14.1 Å². The Morgan fingerprint density at radius 2 is 1.79 bits per heavy atom. The molecule has 0 saturated carbocycles. The molecular formula is C26H27N3O4S. The molecule has 0 aliphatic rings. The molecule has 4 aromatic rings. The van der Waals surface area contributed by atoms with Crippen LogP contribution in [0, 0.1) is 13.8 Å². The smallest absolute Gasteiger partial charge is 0.262 e. The Morgan fingerprint density at radius 1 is 1.06 bits per heavy atom. The van der Waals surface area contributed by atoms with Gasteiger partial charge in [0.2, 0.25) is 0 Å². The van der Waals surface area contributed by atoms with Gasteiger partial charge in [0.1, 0.15) is 5.75 Å². The predicted molar refractivity (Wildman–Crippen MR) is 135 cm³/mol. The van der Waals surface area contributed by atoms with Crippen LogP contribution in [0.25, 0.3) is 16.6 Å². The predicted octanol–water partition coefficient (Wildman–Crippen LogP) is 4.43. The van der Waals surface area contributed by atoms with E-state index < -0.39 is 0 Å². The number of carbonyl (C=O) groups excluding carboxylic acids is 1. The lowest BCUT2D eigenvalue weighted by atomic mass is 10.2. The van der Waals surface area contributed by atoms with Crippen molar-refractivity contribution in [2.75, 3.05) is 26.6 Å². The van der Waals surface area contributed by atoms with Gasteiger partial charge in [-0.2, -0.15) is 0 Å². The summed E-state index contributed by atoms with van der Waals surface area (Å²) in [6.07, 6.45) is 0. The van der Waals surface area contributed by atoms with Gasteiger partial charge in [0.25, 0.3) is 5.56 Å². The van der Waals surface area contributed by atoms with Gasteiger partial charge in [-0.3, -0.25) is 14.2 Å². The molecule has 0 saturated heterocycles. The van der Waals surface area contributed by atoms with Crippen molar-refractivity contribution in [3.8, 4) is 11.4 Å². The van der Waals surface area contributed by atoms with Crippen LogP contribution < -0.4 is 10.3 Å². The second-order valence-corrected chi connectivity index (χ2v) is 8.83. The third kappa shape index (κ3) is 4.64. The van der Waals surface area contributed by atoms with Gasteiger partial charge in [-0.15, -0.1) is 0 Å². The van der Waals surface area contributed by atoms with Crippen molar-refractivity contribution in [2.45, 2.75) is 25.5 Å². The average molecular weight is 478 g/mol. The van der Waals surface area contributed by atoms with Crippen LogP contribution in [0.1, 0.15) is 21.7 Å². The Balaban J connectivity index is 1.61. The molecule has 2 aromatic carbocycles. The molecule has 0 unspecified atom stereocenters. The summed E-state index contributed by atoms with van der Waals surface area (Å²) in [7, 11) is 3.23. The third-order valence-corrected chi connectivity index (χ3v) is 6.72. The SMILES string of the molecule is COCCn1c(SCC(=O)c2cc(C)n(-c3ccc(OC)cc3)c2C)nc2ccccc2c1=O. The lowest BCUT2D eigenvalue weighted by molar-refractivity contribution is 0.102. The fourth-order valence-electron chi connectivity index (χ4n) is 4.02. The van der Waals surface area contributed by atoms with Gasteiger partial charge in [0.05, 0.1) is 36.9 Å². The number of hydrogen-bond acceptors (Lipinski definition) is 6. The van der Waals surface area contributed by atoms with E-state index in [1.807, 2.05) is 62.4 Å². The first-order valence-electron chi connectivity index (χ1n) is 10.9. The molecule has 0 spiro atoms. The molecule has 0 atom stereocenters. The van der Waals surface area contributed by atoms with Gasteiger partial charge < -0.3 is 14.0 Å². The van der Waals surface area contributed by atoms with Crippen LogP contribution >= 0.6 is 11.8 Å². The molecule has 0 radical (unpaired) electrons. The summed E-state index contributed by atoms with van der Waals surface area (Å²) in [6.45, 7) is 4.67.